The summed E-state index contributed by atoms with van der Waals surface area (Å²) in [5, 5.41) is 4.66. The summed E-state index contributed by atoms with van der Waals surface area (Å²) in [5.74, 6) is -0.0301. The normalized spacial score (nSPS) is 13.5. The van der Waals surface area contributed by atoms with Crippen molar-refractivity contribution in [1.29, 1.82) is 0 Å². The molecule has 0 atom stereocenters. The van der Waals surface area contributed by atoms with Gasteiger partial charge in [0.1, 0.15) is 0 Å². The van der Waals surface area contributed by atoms with Crippen LogP contribution in [0.4, 0.5) is 10.8 Å². The van der Waals surface area contributed by atoms with E-state index in [-0.39, 0.29) is 5.91 Å². The Morgan fingerprint density at radius 3 is 2.77 bits per heavy atom. The van der Waals surface area contributed by atoms with Crippen LogP contribution in [-0.2, 0) is 11.2 Å². The molecule has 0 bridgehead atoms. The lowest BCUT2D eigenvalue weighted by Crippen LogP contribution is -2.31. The van der Waals surface area contributed by atoms with E-state index in [1.165, 1.54) is 16.9 Å². The molecule has 0 spiro atoms. The van der Waals surface area contributed by atoms with E-state index in [9.17, 15) is 4.79 Å². The second-order valence-electron chi connectivity index (χ2n) is 6.36. The quantitative estimate of drug-likeness (QED) is 0.578. The summed E-state index contributed by atoms with van der Waals surface area (Å²) >= 11 is 3.19. The molecule has 0 aliphatic carbocycles. The number of carbonyl (C=O) groups excluding carboxylic acids is 1. The highest BCUT2D eigenvalue weighted by molar-refractivity contribution is 7.28. The molecule has 2 aromatic heterocycles. The zero-order valence-corrected chi connectivity index (χ0v) is 15.8. The molecule has 26 heavy (non-hydrogen) atoms. The average Bonchev–Trinajstić information content (AvgIpc) is 3.30. The molecule has 7 heteroatoms. The Labute approximate surface area is 158 Å². The smallest absolute Gasteiger partial charge is 0.245 e. The van der Waals surface area contributed by atoms with E-state index in [1.54, 1.807) is 11.3 Å². The molecule has 130 valence electrons. The Morgan fingerprint density at radius 2 is 1.88 bits per heavy atom. The molecule has 1 aliphatic rings. The largest absolute Gasteiger partial charge is 0.362 e. The van der Waals surface area contributed by atoms with Gasteiger partial charge in [0.15, 0.2) is 5.13 Å². The van der Waals surface area contributed by atoms with E-state index in [0.29, 0.717) is 11.7 Å². The van der Waals surface area contributed by atoms with Crippen molar-refractivity contribution in [3.63, 3.8) is 0 Å². The van der Waals surface area contributed by atoms with Gasteiger partial charge in [-0.15, -0.1) is 11.3 Å². The summed E-state index contributed by atoms with van der Waals surface area (Å²) in [6.45, 7) is 3.24. The van der Waals surface area contributed by atoms with E-state index in [4.69, 9.17) is 0 Å². The molecule has 5 rings (SSSR count). The third kappa shape index (κ3) is 2.64. The van der Waals surface area contributed by atoms with Crippen molar-refractivity contribution in [3.05, 3.63) is 47.0 Å². The molecule has 3 heterocycles. The predicted molar refractivity (Wildman–Crippen MR) is 109 cm³/mol. The lowest BCUT2D eigenvalue weighted by atomic mass is 10.2. The number of carbonyl (C=O) groups is 1. The fourth-order valence-electron chi connectivity index (χ4n) is 3.44. The van der Waals surface area contributed by atoms with Gasteiger partial charge in [0, 0.05) is 12.2 Å². The van der Waals surface area contributed by atoms with Gasteiger partial charge in [-0.1, -0.05) is 29.5 Å². The van der Waals surface area contributed by atoms with E-state index < -0.39 is 0 Å². The number of hydrogen-bond donors (Lipinski definition) is 1. The van der Waals surface area contributed by atoms with Crippen molar-refractivity contribution >= 4 is 59.8 Å². The van der Waals surface area contributed by atoms with Gasteiger partial charge in [-0.2, -0.15) is 0 Å². The summed E-state index contributed by atoms with van der Waals surface area (Å²) in [6, 6.07) is 12.2. The Balaban J connectivity index is 1.38. The van der Waals surface area contributed by atoms with Gasteiger partial charge in [0.25, 0.3) is 0 Å². The van der Waals surface area contributed by atoms with Gasteiger partial charge in [-0.25, -0.2) is 9.97 Å². The first-order valence-electron chi connectivity index (χ1n) is 8.47. The minimum absolute atomic E-state index is 0.0301. The Hall–Kier alpha value is -2.51. The zero-order chi connectivity index (χ0) is 17.7. The van der Waals surface area contributed by atoms with Crippen molar-refractivity contribution < 1.29 is 4.79 Å². The number of benzene rings is 2. The number of rotatable bonds is 3. The lowest BCUT2D eigenvalue weighted by Gasteiger charge is -2.18. The number of nitrogens with one attached hydrogen (secondary N) is 1. The number of aromatic nitrogens is 2. The average molecular weight is 380 g/mol. The van der Waals surface area contributed by atoms with Crippen LogP contribution in [0, 0.1) is 6.92 Å². The first-order chi connectivity index (χ1) is 12.7. The summed E-state index contributed by atoms with van der Waals surface area (Å²) in [7, 11) is 0. The highest BCUT2D eigenvalue weighted by Crippen LogP contribution is 2.35. The minimum atomic E-state index is -0.0301. The monoisotopic (exact) mass is 380 g/mol. The van der Waals surface area contributed by atoms with Gasteiger partial charge in [-0.05, 0) is 37.1 Å². The van der Waals surface area contributed by atoms with Crippen LogP contribution in [0.2, 0.25) is 0 Å². The minimum Gasteiger partial charge on any atom is -0.362 e. The molecule has 1 aliphatic heterocycles. The SMILES string of the molecule is Cc1nc2ccc3nc(NC(=O)CN4CCc5ccccc54)sc3c2s1. The van der Waals surface area contributed by atoms with Gasteiger partial charge in [0.2, 0.25) is 5.91 Å². The Morgan fingerprint density at radius 1 is 1.12 bits per heavy atom. The van der Waals surface area contributed by atoms with E-state index in [0.717, 1.165) is 44.1 Å². The molecule has 2 aromatic carbocycles. The number of aryl methyl sites for hydroxylation is 1. The number of fused-ring (bicyclic) bond motifs is 4. The second kappa shape index (κ2) is 6.03. The number of hydrogen-bond acceptors (Lipinski definition) is 6. The molecule has 0 saturated heterocycles. The highest BCUT2D eigenvalue weighted by atomic mass is 32.1. The van der Waals surface area contributed by atoms with Crippen LogP contribution in [0.15, 0.2) is 36.4 Å². The lowest BCUT2D eigenvalue weighted by molar-refractivity contribution is -0.115. The Bertz CT molecular complexity index is 1150. The van der Waals surface area contributed by atoms with Crippen LogP contribution in [0.5, 0.6) is 0 Å². The zero-order valence-electron chi connectivity index (χ0n) is 14.2. The third-order valence-corrected chi connectivity index (χ3v) is 6.72. The summed E-state index contributed by atoms with van der Waals surface area (Å²) in [6.07, 6.45) is 0.993. The van der Waals surface area contributed by atoms with Crippen LogP contribution in [-0.4, -0.2) is 29.0 Å². The summed E-state index contributed by atoms with van der Waals surface area (Å²) in [4.78, 5) is 23.8. The van der Waals surface area contributed by atoms with Crippen LogP contribution >= 0.6 is 22.7 Å². The van der Waals surface area contributed by atoms with Crippen LogP contribution in [0.25, 0.3) is 20.4 Å². The molecular weight excluding hydrogens is 364 g/mol. The van der Waals surface area contributed by atoms with Gasteiger partial charge < -0.3 is 10.2 Å². The molecule has 0 unspecified atom stereocenters. The summed E-state index contributed by atoms with van der Waals surface area (Å²) < 4.78 is 2.24. The third-order valence-electron chi connectivity index (χ3n) is 4.58. The topological polar surface area (TPSA) is 58.1 Å². The maximum atomic E-state index is 12.5. The number of anilines is 2. The number of nitrogens with zero attached hydrogens (tertiary/aromatic N) is 3. The number of amides is 1. The van der Waals surface area contributed by atoms with E-state index in [2.05, 4.69) is 32.3 Å². The van der Waals surface area contributed by atoms with Crippen LogP contribution in [0.1, 0.15) is 10.6 Å². The number of para-hydroxylation sites is 1. The fourth-order valence-corrected chi connectivity index (χ4v) is 5.46. The molecule has 0 radical (unpaired) electrons. The summed E-state index contributed by atoms with van der Waals surface area (Å²) in [5.41, 5.74) is 4.38. The maximum absolute atomic E-state index is 12.5. The standard InChI is InChI=1S/C19H16N4OS2/c1-11-20-13-6-7-14-18(17(13)25-11)26-19(21-14)22-16(24)10-23-9-8-12-4-2-3-5-15(12)23/h2-7H,8-10H2,1H3,(H,21,22,24). The van der Waals surface area contributed by atoms with E-state index >= 15 is 0 Å². The van der Waals surface area contributed by atoms with E-state index in [1.807, 2.05) is 31.2 Å². The molecule has 0 saturated carbocycles. The van der Waals surface area contributed by atoms with Gasteiger partial charge in [0.05, 0.1) is 32.0 Å². The fraction of sp³-hybridized carbons (Fsp3) is 0.211. The molecule has 1 amide bonds. The van der Waals surface area contributed by atoms with Crippen molar-refractivity contribution in [1.82, 2.24) is 9.97 Å². The molecule has 1 N–H and O–H groups in total. The Kier molecular flexibility index (Phi) is 3.65. The highest BCUT2D eigenvalue weighted by Gasteiger charge is 2.21. The predicted octanol–water partition coefficient (Wildman–Crippen LogP) is 4.22. The van der Waals surface area contributed by atoms with Gasteiger partial charge in [-0.3, -0.25) is 4.79 Å². The van der Waals surface area contributed by atoms with Crippen molar-refractivity contribution in [3.8, 4) is 0 Å². The van der Waals surface area contributed by atoms with Gasteiger partial charge >= 0.3 is 0 Å². The van der Waals surface area contributed by atoms with Crippen molar-refractivity contribution in [2.75, 3.05) is 23.3 Å². The molecule has 0 fully saturated rings. The molecular formula is C19H16N4OS2. The molecule has 4 aromatic rings. The van der Waals surface area contributed by atoms with Crippen molar-refractivity contribution in [2.45, 2.75) is 13.3 Å². The first kappa shape index (κ1) is 15.7. The second-order valence-corrected chi connectivity index (χ2v) is 8.56. The first-order valence-corrected chi connectivity index (χ1v) is 10.1. The number of thiazole rings is 2. The molecule has 5 nitrogen and oxygen atoms in total. The van der Waals surface area contributed by atoms with Crippen LogP contribution in [0.3, 0.4) is 0 Å². The van der Waals surface area contributed by atoms with Crippen molar-refractivity contribution in [2.24, 2.45) is 0 Å². The maximum Gasteiger partial charge on any atom is 0.245 e. The van der Waals surface area contributed by atoms with Crippen LogP contribution < -0.4 is 10.2 Å².